The second-order valence-corrected chi connectivity index (χ2v) is 10.1. The Morgan fingerprint density at radius 1 is 1.15 bits per heavy atom. The number of hydrogen-bond donors (Lipinski definition) is 2. The van der Waals surface area contributed by atoms with Gasteiger partial charge in [0, 0.05) is 21.9 Å². The molecule has 1 heterocycles. The van der Waals surface area contributed by atoms with Crippen LogP contribution in [-0.2, 0) is 26.0 Å². The zero-order chi connectivity index (χ0) is 19.3. The SMILES string of the molecule is O=C(CNS(=O)(=O)Cc1ccccc1Cl)NCC1(c2cccs2)CCCC1. The van der Waals surface area contributed by atoms with Crippen LogP contribution in [0.4, 0.5) is 0 Å². The first-order valence-electron chi connectivity index (χ1n) is 8.92. The van der Waals surface area contributed by atoms with Crippen molar-refractivity contribution in [3.8, 4) is 0 Å². The maximum atomic E-state index is 12.2. The lowest BCUT2D eigenvalue weighted by Crippen LogP contribution is -2.43. The third kappa shape index (κ3) is 5.31. The minimum absolute atomic E-state index is 0.0136. The molecule has 0 aliphatic heterocycles. The summed E-state index contributed by atoms with van der Waals surface area (Å²) < 4.78 is 26.8. The molecular formula is C19H23ClN2O3S2. The lowest BCUT2D eigenvalue weighted by Gasteiger charge is -2.28. The predicted octanol–water partition coefficient (Wildman–Crippen LogP) is 3.45. The largest absolute Gasteiger partial charge is 0.354 e. The number of halogens is 1. The number of thiophene rings is 1. The zero-order valence-electron chi connectivity index (χ0n) is 14.9. The van der Waals surface area contributed by atoms with Gasteiger partial charge < -0.3 is 5.32 Å². The van der Waals surface area contributed by atoms with Crippen molar-refractivity contribution in [1.82, 2.24) is 10.0 Å². The second kappa shape index (κ2) is 8.73. The number of rotatable bonds is 8. The Bertz CT molecular complexity index is 876. The lowest BCUT2D eigenvalue weighted by atomic mass is 9.84. The van der Waals surface area contributed by atoms with Crippen LogP contribution in [-0.4, -0.2) is 27.4 Å². The van der Waals surface area contributed by atoms with Gasteiger partial charge in [-0.1, -0.05) is 48.7 Å². The van der Waals surface area contributed by atoms with Gasteiger partial charge in [-0.3, -0.25) is 4.79 Å². The van der Waals surface area contributed by atoms with Crippen LogP contribution in [0, 0.1) is 0 Å². The zero-order valence-corrected chi connectivity index (χ0v) is 17.3. The third-order valence-electron chi connectivity index (χ3n) is 4.98. The molecule has 1 amide bonds. The molecule has 1 aliphatic carbocycles. The minimum atomic E-state index is -3.64. The summed E-state index contributed by atoms with van der Waals surface area (Å²) in [7, 11) is -3.64. The Hall–Kier alpha value is -1.41. The standard InChI is InChI=1S/C19H23ClN2O3S2/c20-16-7-2-1-6-15(16)13-27(24,25)22-12-18(23)21-14-19(9-3-4-10-19)17-8-5-11-26-17/h1-2,5-8,11,22H,3-4,9-10,12-14H2,(H,21,23). The number of hydrogen-bond acceptors (Lipinski definition) is 4. The summed E-state index contributed by atoms with van der Waals surface area (Å²) >= 11 is 7.72. The van der Waals surface area contributed by atoms with Crippen molar-refractivity contribution < 1.29 is 13.2 Å². The molecule has 1 aromatic carbocycles. The molecule has 5 nitrogen and oxygen atoms in total. The van der Waals surface area contributed by atoms with Crippen molar-refractivity contribution >= 4 is 38.9 Å². The van der Waals surface area contributed by atoms with E-state index < -0.39 is 10.0 Å². The summed E-state index contributed by atoms with van der Waals surface area (Å²) in [5, 5.41) is 5.37. The van der Waals surface area contributed by atoms with Gasteiger partial charge in [-0.15, -0.1) is 11.3 Å². The highest BCUT2D eigenvalue weighted by molar-refractivity contribution is 7.88. The molecule has 0 spiro atoms. The molecule has 1 aliphatic rings. The number of nitrogens with one attached hydrogen (secondary N) is 2. The summed E-state index contributed by atoms with van der Waals surface area (Å²) in [5.74, 6) is -0.570. The van der Waals surface area contributed by atoms with Crippen LogP contribution in [0.5, 0.6) is 0 Å². The first-order valence-corrected chi connectivity index (χ1v) is 11.8. The van der Waals surface area contributed by atoms with Crippen molar-refractivity contribution in [3.05, 3.63) is 57.2 Å². The Morgan fingerprint density at radius 2 is 1.89 bits per heavy atom. The van der Waals surface area contributed by atoms with Gasteiger partial charge in [0.15, 0.2) is 0 Å². The Labute approximate surface area is 169 Å². The van der Waals surface area contributed by atoms with Gasteiger partial charge in [0.25, 0.3) is 0 Å². The molecule has 3 rings (SSSR count). The van der Waals surface area contributed by atoms with E-state index in [-0.39, 0.29) is 23.6 Å². The molecule has 2 N–H and O–H groups in total. The number of carbonyl (C=O) groups is 1. The molecule has 27 heavy (non-hydrogen) atoms. The van der Waals surface area contributed by atoms with Gasteiger partial charge in [0.1, 0.15) is 0 Å². The van der Waals surface area contributed by atoms with Gasteiger partial charge in [0.2, 0.25) is 15.9 Å². The van der Waals surface area contributed by atoms with Crippen LogP contribution in [0.2, 0.25) is 5.02 Å². The average molecular weight is 427 g/mol. The van der Waals surface area contributed by atoms with E-state index in [1.807, 2.05) is 6.07 Å². The fraction of sp³-hybridized carbons (Fsp3) is 0.421. The van der Waals surface area contributed by atoms with Crippen LogP contribution >= 0.6 is 22.9 Å². The molecule has 0 atom stereocenters. The number of amides is 1. The van der Waals surface area contributed by atoms with Crippen LogP contribution in [0.15, 0.2) is 41.8 Å². The molecule has 8 heteroatoms. The van der Waals surface area contributed by atoms with Crippen LogP contribution in [0.25, 0.3) is 0 Å². The van der Waals surface area contributed by atoms with E-state index in [9.17, 15) is 13.2 Å². The van der Waals surface area contributed by atoms with Crippen LogP contribution in [0.3, 0.4) is 0 Å². The highest BCUT2D eigenvalue weighted by Gasteiger charge is 2.36. The maximum Gasteiger partial charge on any atom is 0.235 e. The van der Waals surface area contributed by atoms with E-state index in [1.165, 1.54) is 4.88 Å². The van der Waals surface area contributed by atoms with Crippen molar-refractivity contribution in [2.45, 2.75) is 36.9 Å². The summed E-state index contributed by atoms with van der Waals surface area (Å²) in [6.45, 7) is 0.270. The molecule has 2 aromatic rings. The van der Waals surface area contributed by atoms with Crippen molar-refractivity contribution in [3.63, 3.8) is 0 Å². The van der Waals surface area contributed by atoms with E-state index in [2.05, 4.69) is 21.5 Å². The molecule has 0 radical (unpaired) electrons. The molecule has 1 saturated carbocycles. The van der Waals surface area contributed by atoms with Gasteiger partial charge in [-0.2, -0.15) is 0 Å². The van der Waals surface area contributed by atoms with E-state index in [0.717, 1.165) is 25.7 Å². The fourth-order valence-corrected chi connectivity index (χ4v) is 5.90. The molecule has 0 bridgehead atoms. The van der Waals surface area contributed by atoms with Crippen molar-refractivity contribution in [1.29, 1.82) is 0 Å². The highest BCUT2D eigenvalue weighted by Crippen LogP contribution is 2.42. The Morgan fingerprint density at radius 3 is 2.56 bits per heavy atom. The normalized spacial score (nSPS) is 16.3. The Kier molecular flexibility index (Phi) is 6.57. The van der Waals surface area contributed by atoms with E-state index in [4.69, 9.17) is 11.6 Å². The lowest BCUT2D eigenvalue weighted by molar-refractivity contribution is -0.120. The van der Waals surface area contributed by atoms with Crippen molar-refractivity contribution in [2.24, 2.45) is 0 Å². The first-order chi connectivity index (χ1) is 12.9. The van der Waals surface area contributed by atoms with Gasteiger partial charge in [-0.05, 0) is 35.9 Å². The predicted molar refractivity (Wildman–Crippen MR) is 110 cm³/mol. The quantitative estimate of drug-likeness (QED) is 0.678. The smallest absolute Gasteiger partial charge is 0.235 e. The number of benzene rings is 1. The number of sulfonamides is 1. The van der Waals surface area contributed by atoms with Crippen molar-refractivity contribution in [2.75, 3.05) is 13.1 Å². The fourth-order valence-electron chi connectivity index (χ4n) is 3.52. The number of carbonyl (C=O) groups excluding carboxylic acids is 1. The third-order valence-corrected chi connectivity index (χ3v) is 7.74. The van der Waals surface area contributed by atoms with E-state index >= 15 is 0 Å². The van der Waals surface area contributed by atoms with E-state index in [1.54, 1.807) is 35.6 Å². The van der Waals surface area contributed by atoms with E-state index in [0.29, 0.717) is 17.1 Å². The summed E-state index contributed by atoms with van der Waals surface area (Å²) in [6.07, 6.45) is 4.40. The monoisotopic (exact) mass is 426 g/mol. The molecule has 1 aromatic heterocycles. The molecule has 146 valence electrons. The topological polar surface area (TPSA) is 75.3 Å². The molecule has 0 unspecified atom stereocenters. The molecular weight excluding hydrogens is 404 g/mol. The molecule has 0 saturated heterocycles. The average Bonchev–Trinajstić information content (AvgIpc) is 3.32. The molecule has 1 fully saturated rings. The summed E-state index contributed by atoms with van der Waals surface area (Å²) in [4.78, 5) is 13.5. The van der Waals surface area contributed by atoms with Crippen LogP contribution in [0.1, 0.15) is 36.1 Å². The van der Waals surface area contributed by atoms with Gasteiger partial charge >= 0.3 is 0 Å². The van der Waals surface area contributed by atoms with Gasteiger partial charge in [-0.25, -0.2) is 13.1 Å². The highest BCUT2D eigenvalue weighted by atomic mass is 35.5. The summed E-state index contributed by atoms with van der Waals surface area (Å²) in [5.41, 5.74) is 0.495. The first kappa shape index (κ1) is 20.3. The maximum absolute atomic E-state index is 12.2. The second-order valence-electron chi connectivity index (χ2n) is 6.91. The van der Waals surface area contributed by atoms with Crippen LogP contribution < -0.4 is 10.0 Å². The Balaban J connectivity index is 1.53. The summed E-state index contributed by atoms with van der Waals surface area (Å²) in [6, 6.07) is 10.9. The minimum Gasteiger partial charge on any atom is -0.354 e. The van der Waals surface area contributed by atoms with Gasteiger partial charge in [0.05, 0.1) is 12.3 Å².